The number of hydrogen-bond acceptors (Lipinski definition) is 4. The number of rotatable bonds is 5. The molecule has 1 aromatic carbocycles. The van der Waals surface area contributed by atoms with Crippen molar-refractivity contribution in [2.24, 2.45) is 11.3 Å². The van der Waals surface area contributed by atoms with E-state index in [1.54, 1.807) is 0 Å². The van der Waals surface area contributed by atoms with Crippen LogP contribution in [0.15, 0.2) is 30.3 Å². The fourth-order valence-electron chi connectivity index (χ4n) is 3.85. The van der Waals surface area contributed by atoms with Crippen molar-refractivity contribution < 1.29 is 14.3 Å². The van der Waals surface area contributed by atoms with Crippen LogP contribution in [0.1, 0.15) is 54.8 Å². The van der Waals surface area contributed by atoms with Gasteiger partial charge in [0, 0.05) is 18.7 Å². The SMILES string of the molecule is CCCc1nc2c(n1Cc1ccccc1)CC(C)(C)C(C(=O)OC)C2=O. The molecule has 0 amide bonds. The van der Waals surface area contributed by atoms with Crippen molar-refractivity contribution in [3.8, 4) is 0 Å². The third-order valence-electron chi connectivity index (χ3n) is 5.15. The minimum Gasteiger partial charge on any atom is -0.468 e. The molecule has 3 rings (SSSR count). The number of Topliss-reactive ketones (excluding diaryl/α,β-unsaturated/α-hetero) is 1. The van der Waals surface area contributed by atoms with Crippen LogP contribution in [0.4, 0.5) is 0 Å². The van der Waals surface area contributed by atoms with E-state index in [2.05, 4.69) is 28.6 Å². The maximum Gasteiger partial charge on any atom is 0.317 e. The molecule has 0 fully saturated rings. The van der Waals surface area contributed by atoms with Crippen molar-refractivity contribution >= 4 is 11.8 Å². The zero-order chi connectivity index (χ0) is 18.9. The Bertz CT molecular complexity index is 821. The average molecular weight is 354 g/mol. The number of methoxy groups -OCH3 is 1. The standard InChI is InChI=1S/C21H26N2O3/c1-5-9-16-22-18-15(23(16)13-14-10-7-6-8-11-14)12-21(2,3)17(19(18)24)20(25)26-4/h6-8,10-11,17H,5,9,12-13H2,1-4H3. The maximum absolute atomic E-state index is 13.1. The molecule has 0 saturated carbocycles. The van der Waals surface area contributed by atoms with Crippen molar-refractivity contribution in [3.63, 3.8) is 0 Å². The van der Waals surface area contributed by atoms with Gasteiger partial charge in [0.1, 0.15) is 17.4 Å². The lowest BCUT2D eigenvalue weighted by molar-refractivity contribution is -0.147. The van der Waals surface area contributed by atoms with Crippen LogP contribution in [0.2, 0.25) is 0 Å². The summed E-state index contributed by atoms with van der Waals surface area (Å²) in [5.41, 5.74) is 2.05. The molecule has 1 aromatic heterocycles. The fourth-order valence-corrected chi connectivity index (χ4v) is 3.85. The first kappa shape index (κ1) is 18.4. The highest BCUT2D eigenvalue weighted by atomic mass is 16.5. The Morgan fingerprint density at radius 2 is 2.00 bits per heavy atom. The molecule has 0 spiro atoms. The van der Waals surface area contributed by atoms with Gasteiger partial charge in [-0.3, -0.25) is 9.59 Å². The molecule has 0 saturated heterocycles. The van der Waals surface area contributed by atoms with Gasteiger partial charge in [-0.25, -0.2) is 4.98 Å². The van der Waals surface area contributed by atoms with Gasteiger partial charge in [-0.2, -0.15) is 0 Å². The zero-order valence-electron chi connectivity index (χ0n) is 15.9. The van der Waals surface area contributed by atoms with Crippen LogP contribution in [0.5, 0.6) is 0 Å². The molecule has 5 heteroatoms. The maximum atomic E-state index is 13.1. The smallest absolute Gasteiger partial charge is 0.317 e. The van der Waals surface area contributed by atoms with E-state index in [-0.39, 0.29) is 5.78 Å². The lowest BCUT2D eigenvalue weighted by atomic mass is 9.68. The summed E-state index contributed by atoms with van der Waals surface area (Å²) in [7, 11) is 1.33. The summed E-state index contributed by atoms with van der Waals surface area (Å²) in [6.07, 6.45) is 2.37. The minimum atomic E-state index is -0.797. The molecule has 0 aliphatic heterocycles. The number of benzene rings is 1. The zero-order valence-corrected chi connectivity index (χ0v) is 15.9. The van der Waals surface area contributed by atoms with Crippen molar-refractivity contribution in [2.45, 2.75) is 46.6 Å². The number of carbonyl (C=O) groups excluding carboxylic acids is 2. The first-order valence-corrected chi connectivity index (χ1v) is 9.13. The molecule has 1 aliphatic rings. The summed E-state index contributed by atoms with van der Waals surface area (Å²) in [5, 5.41) is 0. The van der Waals surface area contributed by atoms with Crippen LogP contribution >= 0.6 is 0 Å². The first-order chi connectivity index (χ1) is 12.4. The predicted molar refractivity (Wildman–Crippen MR) is 99.1 cm³/mol. The van der Waals surface area contributed by atoms with E-state index >= 15 is 0 Å². The van der Waals surface area contributed by atoms with E-state index in [9.17, 15) is 9.59 Å². The molecule has 1 aliphatic carbocycles. The van der Waals surface area contributed by atoms with E-state index < -0.39 is 17.3 Å². The van der Waals surface area contributed by atoms with Crippen LogP contribution in [-0.2, 0) is 28.9 Å². The molecule has 1 atom stereocenters. The summed E-state index contributed by atoms with van der Waals surface area (Å²) in [4.78, 5) is 30.0. The molecule has 26 heavy (non-hydrogen) atoms. The van der Waals surface area contributed by atoms with E-state index in [0.717, 1.165) is 24.4 Å². The van der Waals surface area contributed by atoms with Gasteiger partial charge in [0.2, 0.25) is 0 Å². The number of ether oxygens (including phenoxy) is 1. The third-order valence-corrected chi connectivity index (χ3v) is 5.15. The van der Waals surface area contributed by atoms with Crippen LogP contribution in [0.3, 0.4) is 0 Å². The van der Waals surface area contributed by atoms with E-state index in [1.165, 1.54) is 12.7 Å². The first-order valence-electron chi connectivity index (χ1n) is 9.13. The summed E-state index contributed by atoms with van der Waals surface area (Å²) >= 11 is 0. The van der Waals surface area contributed by atoms with Gasteiger partial charge in [-0.1, -0.05) is 51.1 Å². The van der Waals surface area contributed by atoms with Crippen LogP contribution in [-0.4, -0.2) is 28.4 Å². The predicted octanol–water partition coefficient (Wildman–Crippen LogP) is 3.44. The number of ketones is 1. The number of carbonyl (C=O) groups is 2. The molecule has 1 unspecified atom stereocenters. The highest BCUT2D eigenvalue weighted by Crippen LogP contribution is 2.40. The van der Waals surface area contributed by atoms with Gasteiger partial charge >= 0.3 is 5.97 Å². The Hall–Kier alpha value is -2.43. The summed E-state index contributed by atoms with van der Waals surface area (Å²) in [6.45, 7) is 6.69. The second kappa shape index (κ2) is 7.06. The Balaban J connectivity index is 2.09. The Labute approximate surface area is 154 Å². The number of nitrogens with zero attached hydrogens (tertiary/aromatic N) is 2. The quantitative estimate of drug-likeness (QED) is 0.610. The van der Waals surface area contributed by atoms with Crippen LogP contribution in [0.25, 0.3) is 0 Å². The molecule has 0 radical (unpaired) electrons. The number of esters is 1. The van der Waals surface area contributed by atoms with Crippen LogP contribution < -0.4 is 0 Å². The monoisotopic (exact) mass is 354 g/mol. The third kappa shape index (κ3) is 3.18. The molecular formula is C21H26N2O3. The summed E-state index contributed by atoms with van der Waals surface area (Å²) in [5.74, 6) is -0.571. The number of hydrogen-bond donors (Lipinski definition) is 0. The summed E-state index contributed by atoms with van der Waals surface area (Å²) in [6, 6.07) is 10.2. The highest BCUT2D eigenvalue weighted by Gasteiger charge is 2.48. The van der Waals surface area contributed by atoms with Crippen molar-refractivity contribution in [1.29, 1.82) is 0 Å². The second-order valence-corrected chi connectivity index (χ2v) is 7.63. The van der Waals surface area contributed by atoms with Crippen LogP contribution in [0, 0.1) is 11.3 Å². The van der Waals surface area contributed by atoms with Crippen molar-refractivity contribution in [2.75, 3.05) is 7.11 Å². The lowest BCUT2D eigenvalue weighted by Crippen LogP contribution is -2.44. The molecular weight excluding hydrogens is 328 g/mol. The molecule has 0 N–H and O–H groups in total. The highest BCUT2D eigenvalue weighted by molar-refractivity contribution is 6.09. The molecule has 5 nitrogen and oxygen atoms in total. The number of aryl methyl sites for hydroxylation is 1. The van der Waals surface area contributed by atoms with Gasteiger partial charge in [0.05, 0.1) is 7.11 Å². The molecule has 0 bridgehead atoms. The van der Waals surface area contributed by atoms with Gasteiger partial charge < -0.3 is 9.30 Å². The van der Waals surface area contributed by atoms with Gasteiger partial charge in [-0.05, 0) is 23.8 Å². The normalized spacial score (nSPS) is 18.5. The fraction of sp³-hybridized carbons (Fsp3) is 0.476. The molecule has 2 aromatic rings. The molecule has 138 valence electrons. The van der Waals surface area contributed by atoms with Gasteiger partial charge in [0.25, 0.3) is 0 Å². The average Bonchev–Trinajstić information content (AvgIpc) is 2.93. The largest absolute Gasteiger partial charge is 0.468 e. The Kier molecular flexibility index (Phi) is 4.99. The van der Waals surface area contributed by atoms with Gasteiger partial charge in [-0.15, -0.1) is 0 Å². The number of imidazole rings is 1. The second-order valence-electron chi connectivity index (χ2n) is 7.63. The van der Waals surface area contributed by atoms with E-state index in [0.29, 0.717) is 18.7 Å². The Morgan fingerprint density at radius 3 is 2.62 bits per heavy atom. The Morgan fingerprint density at radius 1 is 1.31 bits per heavy atom. The topological polar surface area (TPSA) is 61.2 Å². The van der Waals surface area contributed by atoms with Gasteiger partial charge in [0.15, 0.2) is 5.78 Å². The molecule has 1 heterocycles. The van der Waals surface area contributed by atoms with E-state index in [4.69, 9.17) is 4.74 Å². The minimum absolute atomic E-state index is 0.215. The van der Waals surface area contributed by atoms with Crippen molar-refractivity contribution in [1.82, 2.24) is 9.55 Å². The number of fused-ring (bicyclic) bond motifs is 1. The number of aromatic nitrogens is 2. The lowest BCUT2D eigenvalue weighted by Gasteiger charge is -2.35. The summed E-state index contributed by atoms with van der Waals surface area (Å²) < 4.78 is 7.06. The van der Waals surface area contributed by atoms with E-state index in [1.807, 2.05) is 32.0 Å². The van der Waals surface area contributed by atoms with Crippen molar-refractivity contribution in [3.05, 3.63) is 53.1 Å².